The first kappa shape index (κ1) is 15.8. The van der Waals surface area contributed by atoms with Crippen LogP contribution in [0.3, 0.4) is 0 Å². The average molecular weight is 355 g/mol. The SMILES string of the molecule is COc1ccc2c(c1OC)CN1C[C@H](O)c3cc4c(cc3[C@@H]1C2)OCO4. The van der Waals surface area contributed by atoms with Crippen LogP contribution in [0.25, 0.3) is 0 Å². The summed E-state index contributed by atoms with van der Waals surface area (Å²) in [4.78, 5) is 2.31. The van der Waals surface area contributed by atoms with Crippen molar-refractivity contribution in [2.45, 2.75) is 25.1 Å². The van der Waals surface area contributed by atoms with Crippen LogP contribution in [-0.4, -0.2) is 37.6 Å². The van der Waals surface area contributed by atoms with Crippen molar-refractivity contribution in [3.8, 4) is 23.0 Å². The van der Waals surface area contributed by atoms with Gasteiger partial charge in [0.2, 0.25) is 6.79 Å². The van der Waals surface area contributed by atoms with E-state index in [1.54, 1.807) is 14.2 Å². The van der Waals surface area contributed by atoms with Gasteiger partial charge in [-0.2, -0.15) is 0 Å². The number of fused-ring (bicyclic) bond motifs is 5. The number of aliphatic hydroxyl groups excluding tert-OH is 1. The predicted octanol–water partition coefficient (Wildman–Crippen LogP) is 2.58. The van der Waals surface area contributed by atoms with Crippen LogP contribution >= 0.6 is 0 Å². The Morgan fingerprint density at radius 3 is 2.58 bits per heavy atom. The van der Waals surface area contributed by atoms with Crippen molar-refractivity contribution in [2.75, 3.05) is 27.6 Å². The van der Waals surface area contributed by atoms with Gasteiger partial charge in [-0.1, -0.05) is 6.07 Å². The Bertz CT molecular complexity index is 881. The lowest BCUT2D eigenvalue weighted by molar-refractivity contribution is 0.0539. The lowest BCUT2D eigenvalue weighted by Crippen LogP contribution is -2.41. The molecule has 0 bridgehead atoms. The number of methoxy groups -OCH3 is 2. The highest BCUT2D eigenvalue weighted by atomic mass is 16.7. The molecule has 6 nitrogen and oxygen atoms in total. The van der Waals surface area contributed by atoms with Crippen molar-refractivity contribution in [2.24, 2.45) is 0 Å². The summed E-state index contributed by atoms with van der Waals surface area (Å²) in [5, 5.41) is 10.7. The first-order valence-corrected chi connectivity index (χ1v) is 8.78. The van der Waals surface area contributed by atoms with Gasteiger partial charge in [-0.05, 0) is 41.3 Å². The Hall–Kier alpha value is -2.44. The molecule has 0 unspecified atom stereocenters. The summed E-state index contributed by atoms with van der Waals surface area (Å²) in [5.41, 5.74) is 4.45. The molecule has 1 N–H and O–H groups in total. The van der Waals surface area contributed by atoms with Crippen LogP contribution in [0.1, 0.15) is 34.4 Å². The number of aliphatic hydroxyl groups is 1. The van der Waals surface area contributed by atoms with Crippen LogP contribution in [0.2, 0.25) is 0 Å². The molecule has 0 amide bonds. The third-order valence-corrected chi connectivity index (χ3v) is 5.66. The Kier molecular flexibility index (Phi) is 3.52. The molecule has 0 fully saturated rings. The summed E-state index contributed by atoms with van der Waals surface area (Å²) < 4.78 is 22.1. The Labute approximate surface area is 151 Å². The zero-order valence-electron chi connectivity index (χ0n) is 14.8. The molecule has 2 atom stereocenters. The molecule has 26 heavy (non-hydrogen) atoms. The monoisotopic (exact) mass is 355 g/mol. The van der Waals surface area contributed by atoms with Gasteiger partial charge in [0.05, 0.1) is 20.3 Å². The van der Waals surface area contributed by atoms with Crippen LogP contribution in [0, 0.1) is 0 Å². The van der Waals surface area contributed by atoms with Crippen LogP contribution in [0.15, 0.2) is 24.3 Å². The van der Waals surface area contributed by atoms with Crippen molar-refractivity contribution >= 4 is 0 Å². The van der Waals surface area contributed by atoms with E-state index in [2.05, 4.69) is 11.0 Å². The molecule has 0 radical (unpaired) electrons. The summed E-state index contributed by atoms with van der Waals surface area (Å²) >= 11 is 0. The summed E-state index contributed by atoms with van der Waals surface area (Å²) in [6.45, 7) is 1.53. The minimum Gasteiger partial charge on any atom is -0.493 e. The molecule has 3 heterocycles. The lowest BCUT2D eigenvalue weighted by atomic mass is 9.82. The fraction of sp³-hybridized carbons (Fsp3) is 0.400. The maximum absolute atomic E-state index is 10.7. The van der Waals surface area contributed by atoms with Crippen molar-refractivity contribution in [3.63, 3.8) is 0 Å². The van der Waals surface area contributed by atoms with Gasteiger partial charge in [0, 0.05) is 24.7 Å². The highest BCUT2D eigenvalue weighted by Gasteiger charge is 2.38. The number of nitrogens with zero attached hydrogens (tertiary/aromatic N) is 1. The zero-order valence-corrected chi connectivity index (χ0v) is 14.8. The van der Waals surface area contributed by atoms with Gasteiger partial charge in [0.15, 0.2) is 23.0 Å². The zero-order chi connectivity index (χ0) is 17.8. The van der Waals surface area contributed by atoms with Crippen molar-refractivity contribution in [1.82, 2.24) is 4.90 Å². The molecule has 0 spiro atoms. The average Bonchev–Trinajstić information content (AvgIpc) is 3.12. The number of rotatable bonds is 2. The van der Waals surface area contributed by atoms with Crippen molar-refractivity contribution < 1.29 is 24.1 Å². The van der Waals surface area contributed by atoms with Crippen LogP contribution in [-0.2, 0) is 13.0 Å². The molecule has 5 rings (SSSR count). The number of hydrogen-bond acceptors (Lipinski definition) is 6. The Morgan fingerprint density at radius 1 is 1.08 bits per heavy atom. The summed E-state index contributed by atoms with van der Waals surface area (Å²) in [7, 11) is 3.32. The van der Waals surface area contributed by atoms with E-state index in [0.717, 1.165) is 46.1 Å². The van der Waals surface area contributed by atoms with Gasteiger partial charge in [0.1, 0.15) is 0 Å². The molecule has 0 aliphatic carbocycles. The quantitative estimate of drug-likeness (QED) is 0.894. The minimum atomic E-state index is -0.547. The molecule has 6 heteroatoms. The van der Waals surface area contributed by atoms with E-state index in [0.29, 0.717) is 13.1 Å². The molecule has 2 aromatic rings. The molecular weight excluding hydrogens is 334 g/mol. The largest absolute Gasteiger partial charge is 0.493 e. The first-order chi connectivity index (χ1) is 12.7. The van der Waals surface area contributed by atoms with E-state index in [9.17, 15) is 5.11 Å². The highest BCUT2D eigenvalue weighted by Crippen LogP contribution is 2.48. The third-order valence-electron chi connectivity index (χ3n) is 5.66. The normalized spacial score (nSPS) is 23.0. The minimum absolute atomic E-state index is 0.202. The molecule has 2 aromatic carbocycles. The van der Waals surface area contributed by atoms with Gasteiger partial charge >= 0.3 is 0 Å². The lowest BCUT2D eigenvalue weighted by Gasteiger charge is -2.43. The summed E-state index contributed by atoms with van der Waals surface area (Å²) in [6.07, 6.45) is 0.309. The molecule has 3 aliphatic rings. The second-order valence-corrected chi connectivity index (χ2v) is 6.94. The maximum Gasteiger partial charge on any atom is 0.231 e. The maximum atomic E-state index is 10.7. The van der Waals surface area contributed by atoms with Gasteiger partial charge in [-0.3, -0.25) is 4.90 Å². The summed E-state index contributed by atoms with van der Waals surface area (Å²) in [5.74, 6) is 3.01. The van der Waals surface area contributed by atoms with Crippen molar-refractivity contribution in [3.05, 3.63) is 46.5 Å². The Balaban J connectivity index is 1.60. The smallest absolute Gasteiger partial charge is 0.231 e. The predicted molar refractivity (Wildman–Crippen MR) is 93.9 cm³/mol. The Morgan fingerprint density at radius 2 is 1.85 bits per heavy atom. The number of ether oxygens (including phenoxy) is 4. The van der Waals surface area contributed by atoms with E-state index in [4.69, 9.17) is 18.9 Å². The van der Waals surface area contributed by atoms with Crippen molar-refractivity contribution in [1.29, 1.82) is 0 Å². The van der Waals surface area contributed by atoms with E-state index < -0.39 is 6.10 Å². The topological polar surface area (TPSA) is 60.4 Å². The van der Waals surface area contributed by atoms with Gasteiger partial charge in [-0.15, -0.1) is 0 Å². The molecule has 3 aliphatic heterocycles. The highest BCUT2D eigenvalue weighted by molar-refractivity contribution is 5.55. The van der Waals surface area contributed by atoms with E-state index in [1.807, 2.05) is 18.2 Å². The van der Waals surface area contributed by atoms with Crippen LogP contribution < -0.4 is 18.9 Å². The fourth-order valence-electron chi connectivity index (χ4n) is 4.42. The molecule has 0 saturated heterocycles. The number of hydrogen-bond donors (Lipinski definition) is 1. The van der Waals surface area contributed by atoms with Crippen LogP contribution in [0.5, 0.6) is 23.0 Å². The van der Waals surface area contributed by atoms with E-state index >= 15 is 0 Å². The summed E-state index contributed by atoms with van der Waals surface area (Å²) in [6, 6.07) is 8.25. The standard InChI is InChI=1S/C20H21NO5/c1-23-17-4-3-11-5-15-12-6-18-19(26-10-25-18)7-13(12)16(22)9-21(15)8-14(11)20(17)24-2/h3-4,6-7,15-16,22H,5,8-10H2,1-2H3/t15-,16-/m0/s1. The molecular formula is C20H21NO5. The second-order valence-electron chi connectivity index (χ2n) is 6.94. The van der Waals surface area contributed by atoms with E-state index in [1.165, 1.54) is 5.56 Å². The third kappa shape index (κ3) is 2.19. The molecule has 0 aromatic heterocycles. The molecule has 0 saturated carbocycles. The van der Waals surface area contributed by atoms with Crippen LogP contribution in [0.4, 0.5) is 0 Å². The van der Waals surface area contributed by atoms with Gasteiger partial charge < -0.3 is 24.1 Å². The second kappa shape index (κ2) is 5.79. The fourth-order valence-corrected chi connectivity index (χ4v) is 4.42. The molecule has 136 valence electrons. The van der Waals surface area contributed by atoms with E-state index in [-0.39, 0.29) is 12.8 Å². The van der Waals surface area contributed by atoms with Gasteiger partial charge in [-0.25, -0.2) is 0 Å². The first-order valence-electron chi connectivity index (χ1n) is 8.78. The van der Waals surface area contributed by atoms with Gasteiger partial charge in [0.25, 0.3) is 0 Å². The number of benzene rings is 2.